The van der Waals surface area contributed by atoms with Gasteiger partial charge >= 0.3 is 6.03 Å². The molecular formula is C37H48N4O5. The van der Waals surface area contributed by atoms with E-state index in [1.807, 2.05) is 74.5 Å². The summed E-state index contributed by atoms with van der Waals surface area (Å²) in [6.07, 6.45) is 0.107. The van der Waals surface area contributed by atoms with E-state index in [-0.39, 0.29) is 41.8 Å². The van der Waals surface area contributed by atoms with Gasteiger partial charge in [0.2, 0.25) is 5.91 Å². The summed E-state index contributed by atoms with van der Waals surface area (Å²) in [5.74, 6) is -1.67. The van der Waals surface area contributed by atoms with Crippen molar-refractivity contribution in [1.82, 2.24) is 20.9 Å². The molecule has 1 fully saturated rings. The number of urea groups is 1. The molecular weight excluding hydrogens is 580 g/mol. The van der Waals surface area contributed by atoms with Gasteiger partial charge in [0.25, 0.3) is 5.91 Å². The number of carbonyl (C=O) groups excluding carboxylic acids is 3. The average molecular weight is 635 g/mol. The quantitative estimate of drug-likeness (QED) is 0.199. The van der Waals surface area contributed by atoms with E-state index in [1.54, 1.807) is 4.90 Å². The number of benzene rings is 3. The minimum atomic E-state index is -2.70. The molecule has 1 saturated heterocycles. The van der Waals surface area contributed by atoms with Crippen LogP contribution in [0.3, 0.4) is 0 Å². The molecule has 4 rings (SSSR count). The summed E-state index contributed by atoms with van der Waals surface area (Å²) in [4.78, 5) is 41.6. The molecule has 9 nitrogen and oxygen atoms in total. The van der Waals surface area contributed by atoms with Crippen molar-refractivity contribution in [3.05, 3.63) is 101 Å². The third-order valence-corrected chi connectivity index (χ3v) is 8.02. The number of amides is 4. The van der Waals surface area contributed by atoms with Gasteiger partial charge in [-0.25, -0.2) is 4.79 Å². The van der Waals surface area contributed by atoms with Crippen molar-refractivity contribution in [3.63, 3.8) is 0 Å². The van der Waals surface area contributed by atoms with E-state index in [4.69, 9.17) is 13.0 Å². The first kappa shape index (κ1) is 26.8. The van der Waals surface area contributed by atoms with Crippen LogP contribution < -0.4 is 20.7 Å². The monoisotopic (exact) mass is 634 g/mol. The highest BCUT2D eigenvalue weighted by Gasteiger charge is 2.35. The number of nitrogens with zero attached hydrogens (tertiary/aromatic N) is 1. The maximum Gasteiger partial charge on any atom is 0.318 e. The van der Waals surface area contributed by atoms with E-state index in [9.17, 15) is 19.5 Å². The summed E-state index contributed by atoms with van der Waals surface area (Å²) in [6, 6.07) is 19.9. The van der Waals surface area contributed by atoms with Crippen LogP contribution in [0.25, 0.3) is 0 Å². The Balaban J connectivity index is 1.57. The van der Waals surface area contributed by atoms with Crippen LogP contribution in [-0.2, 0) is 22.4 Å². The van der Waals surface area contributed by atoms with Crippen molar-refractivity contribution >= 4 is 17.8 Å². The van der Waals surface area contributed by atoms with Crippen molar-refractivity contribution in [1.29, 1.82) is 0 Å². The molecule has 1 aliphatic heterocycles. The molecule has 4 amide bonds. The van der Waals surface area contributed by atoms with Gasteiger partial charge in [-0.2, -0.15) is 0 Å². The average Bonchev–Trinajstić information content (AvgIpc) is 3.07. The van der Waals surface area contributed by atoms with E-state index >= 15 is 0 Å². The molecule has 1 aliphatic rings. The molecule has 0 radical (unpaired) electrons. The number of aliphatic hydroxyl groups excluding tert-OH is 1. The molecule has 0 aromatic heterocycles. The minimum Gasteiger partial charge on any atom is -0.483 e. The fourth-order valence-corrected chi connectivity index (χ4v) is 5.78. The lowest BCUT2D eigenvalue weighted by Crippen LogP contribution is -2.59. The molecule has 3 aromatic rings. The summed E-state index contributed by atoms with van der Waals surface area (Å²) in [6.45, 7) is -1.40. The summed E-state index contributed by atoms with van der Waals surface area (Å²) >= 11 is 0. The Bertz CT molecular complexity index is 1610. The largest absolute Gasteiger partial charge is 0.483 e. The zero-order valence-electron chi connectivity index (χ0n) is 32.4. The normalized spacial score (nSPS) is 18.3. The molecule has 3 aromatic carbocycles. The summed E-state index contributed by atoms with van der Waals surface area (Å²) < 4.78 is 53.0. The van der Waals surface area contributed by atoms with Gasteiger partial charge in [0.1, 0.15) is 11.8 Å². The minimum absolute atomic E-state index is 0.0291. The molecule has 1 heterocycles. The number of carbonyl (C=O) groups is 3. The topological polar surface area (TPSA) is 120 Å². The van der Waals surface area contributed by atoms with Crippen molar-refractivity contribution in [2.45, 2.75) is 77.5 Å². The van der Waals surface area contributed by atoms with E-state index in [0.717, 1.165) is 11.1 Å². The molecule has 0 bridgehead atoms. The molecule has 9 heteroatoms. The second-order valence-corrected chi connectivity index (χ2v) is 12.0. The Kier molecular flexibility index (Phi) is 9.79. The van der Waals surface area contributed by atoms with Crippen molar-refractivity contribution in [2.75, 3.05) is 19.7 Å². The van der Waals surface area contributed by atoms with Crippen LogP contribution in [0.4, 0.5) is 4.79 Å². The molecule has 0 unspecified atom stereocenters. The molecule has 46 heavy (non-hydrogen) atoms. The molecule has 0 spiro atoms. The Morgan fingerprint density at radius 2 is 1.57 bits per heavy atom. The Labute approximate surface area is 281 Å². The van der Waals surface area contributed by atoms with E-state index in [0.29, 0.717) is 25.9 Å². The molecule has 246 valence electrons. The van der Waals surface area contributed by atoms with Gasteiger partial charge < -0.3 is 30.7 Å². The molecule has 0 aliphatic carbocycles. The molecule has 4 atom stereocenters. The van der Waals surface area contributed by atoms with E-state index in [1.165, 1.54) is 18.2 Å². The highest BCUT2D eigenvalue weighted by molar-refractivity contribution is 5.87. The summed E-state index contributed by atoms with van der Waals surface area (Å²) in [5.41, 5.74) is 1.05. The maximum atomic E-state index is 13.9. The van der Waals surface area contributed by atoms with Crippen LogP contribution in [0.5, 0.6) is 5.75 Å². The number of ether oxygens (including phenoxy) is 1. The number of nitrogens with one attached hydrogen (secondary N) is 3. The van der Waals surface area contributed by atoms with Gasteiger partial charge in [-0.05, 0) is 67.6 Å². The van der Waals surface area contributed by atoms with Gasteiger partial charge in [-0.1, -0.05) is 92.7 Å². The number of rotatable bonds is 15. The smallest absolute Gasteiger partial charge is 0.318 e. The van der Waals surface area contributed by atoms with Gasteiger partial charge in [-0.3, -0.25) is 9.59 Å². The third kappa shape index (κ3) is 9.81. The fraction of sp³-hybridized carbons (Fsp3) is 0.432. The second kappa shape index (κ2) is 16.8. The Morgan fingerprint density at radius 3 is 2.15 bits per heavy atom. The predicted molar refractivity (Wildman–Crippen MR) is 180 cm³/mol. The standard InChI is InChI=1S/C37H48N4O5/c1-25(2)34(41-20-12-19-38-37(41)45)36(44)39-30(21-28-15-7-5-8-16-28)23-32(42)31(22-29-17-9-6-10-18-29)40-33(43)24-46-35-26(3)13-11-14-27(35)4/h5-11,13-18,25,30-32,34,42H,12,19-24H2,1-4H3,(H,38,45)(H,39,44)(H,40,43)/t30-,31-,32-,34-/m0/s1/i3D3,4D3. The van der Waals surface area contributed by atoms with Crippen LogP contribution in [0, 0.1) is 19.6 Å². The zero-order chi connectivity index (χ0) is 38.1. The summed E-state index contributed by atoms with van der Waals surface area (Å²) in [7, 11) is 0. The van der Waals surface area contributed by atoms with Crippen LogP contribution in [0.1, 0.15) is 57.2 Å². The first-order chi connectivity index (χ1) is 24.5. The number of hydrogen-bond donors (Lipinski definition) is 4. The van der Waals surface area contributed by atoms with Crippen molar-refractivity contribution in [3.8, 4) is 5.75 Å². The number of para-hydroxylation sites is 1. The van der Waals surface area contributed by atoms with E-state index in [2.05, 4.69) is 16.0 Å². The van der Waals surface area contributed by atoms with Crippen LogP contribution in [-0.4, -0.2) is 71.8 Å². The number of hydrogen-bond acceptors (Lipinski definition) is 5. The SMILES string of the molecule is [2H]C([2H])([2H])c1cccc(C([2H])([2H])[2H])c1OCC(=O)N[C@@H](Cc1ccccc1)[C@@H](O)C[C@H](Cc1ccccc1)NC(=O)[C@H](C(C)C)N1CCCNC1=O. The Hall–Kier alpha value is -4.37. The zero-order valence-corrected chi connectivity index (χ0v) is 26.4. The first-order valence-corrected chi connectivity index (χ1v) is 15.7. The van der Waals surface area contributed by atoms with Crippen molar-refractivity contribution in [2.24, 2.45) is 5.92 Å². The number of aliphatic hydroxyl groups is 1. The van der Waals surface area contributed by atoms with Gasteiger partial charge in [-0.15, -0.1) is 0 Å². The predicted octanol–water partition coefficient (Wildman–Crippen LogP) is 4.33. The number of aryl methyl sites for hydroxylation is 2. The fourth-order valence-electron chi connectivity index (χ4n) is 5.78. The lowest BCUT2D eigenvalue weighted by molar-refractivity contribution is -0.128. The Morgan fingerprint density at radius 1 is 0.935 bits per heavy atom. The molecule has 0 saturated carbocycles. The van der Waals surface area contributed by atoms with E-state index < -0.39 is 56.2 Å². The van der Waals surface area contributed by atoms with Crippen molar-refractivity contribution < 1.29 is 32.5 Å². The van der Waals surface area contributed by atoms with Crippen LogP contribution in [0.2, 0.25) is 0 Å². The third-order valence-electron chi connectivity index (χ3n) is 8.02. The van der Waals surface area contributed by atoms with Gasteiger partial charge in [0, 0.05) is 27.4 Å². The van der Waals surface area contributed by atoms with Crippen LogP contribution >= 0.6 is 0 Å². The van der Waals surface area contributed by atoms with Gasteiger partial charge in [0.05, 0.1) is 12.1 Å². The molecule has 4 N–H and O–H groups in total. The maximum absolute atomic E-state index is 13.9. The highest BCUT2D eigenvalue weighted by Crippen LogP contribution is 2.22. The lowest BCUT2D eigenvalue weighted by Gasteiger charge is -2.37. The lowest BCUT2D eigenvalue weighted by atomic mass is 9.92. The summed E-state index contributed by atoms with van der Waals surface area (Å²) in [5, 5.41) is 20.5. The second-order valence-electron chi connectivity index (χ2n) is 12.0. The van der Waals surface area contributed by atoms with Crippen LogP contribution in [0.15, 0.2) is 78.9 Å². The highest BCUT2D eigenvalue weighted by atomic mass is 16.5. The van der Waals surface area contributed by atoms with Gasteiger partial charge in [0.15, 0.2) is 6.61 Å². The first-order valence-electron chi connectivity index (χ1n) is 18.7.